The van der Waals surface area contributed by atoms with Gasteiger partial charge in [-0.2, -0.15) is 0 Å². The van der Waals surface area contributed by atoms with Crippen LogP contribution < -0.4 is 19.1 Å². The Morgan fingerprint density at radius 1 is 0.884 bits per heavy atom. The fourth-order valence-electron chi connectivity index (χ4n) is 6.76. The molecule has 0 aliphatic carbocycles. The zero-order chi connectivity index (χ0) is 30.6. The molecule has 0 unspecified atom stereocenters. The number of nitrogens with zero attached hydrogens (tertiary/aromatic N) is 2. The van der Waals surface area contributed by atoms with E-state index in [2.05, 4.69) is 0 Å². The van der Waals surface area contributed by atoms with Gasteiger partial charge in [-0.15, -0.1) is 0 Å². The van der Waals surface area contributed by atoms with Gasteiger partial charge in [0.25, 0.3) is 12.3 Å². The van der Waals surface area contributed by atoms with Gasteiger partial charge < -0.3 is 24.0 Å². The van der Waals surface area contributed by atoms with Gasteiger partial charge in [0, 0.05) is 36.4 Å². The van der Waals surface area contributed by atoms with Crippen LogP contribution in [0.5, 0.6) is 17.2 Å². The molecule has 0 saturated carbocycles. The van der Waals surface area contributed by atoms with E-state index < -0.39 is 23.7 Å². The average Bonchev–Trinajstić information content (AvgIpc) is 3.36. The minimum Gasteiger partial charge on any atom is -0.493 e. The van der Waals surface area contributed by atoms with Gasteiger partial charge in [-0.3, -0.25) is 9.59 Å². The third-order valence-corrected chi connectivity index (χ3v) is 8.83. The van der Waals surface area contributed by atoms with Gasteiger partial charge in [0.2, 0.25) is 11.5 Å². The van der Waals surface area contributed by atoms with Gasteiger partial charge in [-0.25, -0.2) is 8.78 Å². The SMILES string of the molecule is COc1cc(N2[C@@H]3CC[C@]2(C(=O)C(F)F)C(=O)N(C(CCc2ccccc2)CCc2ccccc2)C3)cc(OC)c1OC. The van der Waals surface area contributed by atoms with Crippen LogP contribution in [0.3, 0.4) is 0 Å². The molecule has 2 heterocycles. The standard InChI is InChI=1S/C34H38F2N2O5/c1-41-28-20-27(21-29(42-2)30(28)43-3)38-26-18-19-34(38,31(39)32(35)36)33(40)37(22-26)25(16-14-23-10-6-4-7-11-23)17-15-24-12-8-5-9-13-24/h4-13,20-21,25-26,32H,14-19,22H2,1-3H3/t26-,34+/m1/s1. The van der Waals surface area contributed by atoms with Crippen molar-refractivity contribution in [1.29, 1.82) is 0 Å². The maximum Gasteiger partial charge on any atom is 0.298 e. The van der Waals surface area contributed by atoms with Crippen molar-refractivity contribution in [1.82, 2.24) is 4.90 Å². The van der Waals surface area contributed by atoms with E-state index in [9.17, 15) is 18.4 Å². The molecule has 7 nitrogen and oxygen atoms in total. The first-order valence-corrected chi connectivity index (χ1v) is 14.6. The number of hydrogen-bond acceptors (Lipinski definition) is 6. The summed E-state index contributed by atoms with van der Waals surface area (Å²) in [4.78, 5) is 31.4. The van der Waals surface area contributed by atoms with E-state index in [1.54, 1.807) is 21.9 Å². The summed E-state index contributed by atoms with van der Waals surface area (Å²) in [5, 5.41) is 0. The molecule has 2 fully saturated rings. The zero-order valence-electron chi connectivity index (χ0n) is 24.8. The number of carbonyl (C=O) groups excluding carboxylic acids is 2. The molecule has 3 aromatic rings. The number of likely N-dealkylation sites (tertiary alicyclic amines) is 1. The molecule has 228 valence electrons. The van der Waals surface area contributed by atoms with E-state index in [4.69, 9.17) is 14.2 Å². The van der Waals surface area contributed by atoms with Crippen molar-refractivity contribution in [2.24, 2.45) is 0 Å². The fraction of sp³-hybridized carbons (Fsp3) is 0.412. The number of ketones is 1. The van der Waals surface area contributed by atoms with Gasteiger partial charge in [0.05, 0.1) is 21.3 Å². The lowest BCUT2D eigenvalue weighted by Gasteiger charge is -2.50. The second kappa shape index (κ2) is 13.0. The first-order valence-electron chi connectivity index (χ1n) is 14.6. The number of fused-ring (bicyclic) bond motifs is 2. The van der Waals surface area contributed by atoms with E-state index in [0.29, 0.717) is 48.7 Å². The van der Waals surface area contributed by atoms with E-state index in [1.165, 1.54) is 21.3 Å². The number of rotatable bonds is 13. The molecule has 5 rings (SSSR count). The highest BCUT2D eigenvalue weighted by atomic mass is 19.3. The molecule has 0 spiro atoms. The highest BCUT2D eigenvalue weighted by Crippen LogP contribution is 2.49. The summed E-state index contributed by atoms with van der Waals surface area (Å²) in [5.74, 6) is -0.972. The van der Waals surface area contributed by atoms with E-state index in [0.717, 1.165) is 24.0 Å². The fourth-order valence-corrected chi connectivity index (χ4v) is 6.76. The van der Waals surface area contributed by atoms with Gasteiger partial charge in [0.15, 0.2) is 17.0 Å². The molecule has 9 heteroatoms. The smallest absolute Gasteiger partial charge is 0.298 e. The third-order valence-electron chi connectivity index (χ3n) is 8.83. The number of hydrogen-bond donors (Lipinski definition) is 0. The molecule has 2 bridgehead atoms. The molecule has 3 aromatic carbocycles. The lowest BCUT2D eigenvalue weighted by Crippen LogP contribution is -2.71. The van der Waals surface area contributed by atoms with Crippen molar-refractivity contribution in [2.45, 2.75) is 62.6 Å². The Morgan fingerprint density at radius 2 is 1.42 bits per heavy atom. The molecule has 0 aromatic heterocycles. The number of alkyl halides is 2. The van der Waals surface area contributed by atoms with Crippen LogP contribution in [0, 0.1) is 0 Å². The number of Topliss-reactive ketones (excluding diaryl/α,β-unsaturated/α-hetero) is 1. The van der Waals surface area contributed by atoms with Gasteiger partial charge in [0.1, 0.15) is 0 Å². The second-order valence-corrected chi connectivity index (χ2v) is 11.1. The minimum absolute atomic E-state index is 0.0108. The summed E-state index contributed by atoms with van der Waals surface area (Å²) in [5.41, 5.74) is 0.651. The number of carbonyl (C=O) groups is 2. The summed E-state index contributed by atoms with van der Waals surface area (Å²) in [6.07, 6.45) is -0.128. The number of piperazine rings is 1. The quantitative estimate of drug-likeness (QED) is 0.236. The predicted molar refractivity (Wildman–Crippen MR) is 160 cm³/mol. The van der Waals surface area contributed by atoms with Crippen molar-refractivity contribution in [3.63, 3.8) is 0 Å². The van der Waals surface area contributed by atoms with Crippen LogP contribution in [0.4, 0.5) is 14.5 Å². The van der Waals surface area contributed by atoms with Crippen molar-refractivity contribution in [2.75, 3.05) is 32.8 Å². The Kier molecular flexibility index (Phi) is 9.18. The maximum absolute atomic E-state index is 14.6. The van der Waals surface area contributed by atoms with Crippen molar-refractivity contribution >= 4 is 17.4 Å². The molecule has 1 amide bonds. The van der Waals surface area contributed by atoms with Crippen LogP contribution in [0.25, 0.3) is 0 Å². The molecule has 43 heavy (non-hydrogen) atoms. The Labute approximate surface area is 251 Å². The number of aryl methyl sites for hydroxylation is 2. The Balaban J connectivity index is 1.53. The first kappa shape index (κ1) is 30.3. The molecular weight excluding hydrogens is 554 g/mol. The Bertz CT molecular complexity index is 1350. The number of methoxy groups -OCH3 is 3. The molecule has 2 aliphatic rings. The summed E-state index contributed by atoms with van der Waals surface area (Å²) in [7, 11) is 4.39. The number of benzene rings is 3. The highest BCUT2D eigenvalue weighted by Gasteiger charge is 2.64. The number of anilines is 1. The molecule has 2 atom stereocenters. The van der Waals surface area contributed by atoms with Crippen LogP contribution in [0.1, 0.15) is 36.8 Å². The highest BCUT2D eigenvalue weighted by molar-refractivity contribution is 6.16. The van der Waals surface area contributed by atoms with Crippen LogP contribution in [0.15, 0.2) is 72.8 Å². The van der Waals surface area contributed by atoms with Crippen molar-refractivity contribution in [3.8, 4) is 17.2 Å². The normalized spacial score (nSPS) is 19.7. The van der Waals surface area contributed by atoms with Crippen molar-refractivity contribution in [3.05, 3.63) is 83.9 Å². The van der Waals surface area contributed by atoms with Crippen LogP contribution in [0.2, 0.25) is 0 Å². The van der Waals surface area contributed by atoms with Crippen LogP contribution in [-0.2, 0) is 22.4 Å². The van der Waals surface area contributed by atoms with Crippen molar-refractivity contribution < 1.29 is 32.6 Å². The largest absolute Gasteiger partial charge is 0.493 e. The maximum atomic E-state index is 14.6. The monoisotopic (exact) mass is 592 g/mol. The van der Waals surface area contributed by atoms with Gasteiger partial charge >= 0.3 is 0 Å². The summed E-state index contributed by atoms with van der Waals surface area (Å²) in [6, 6.07) is 22.7. The second-order valence-electron chi connectivity index (χ2n) is 11.1. The summed E-state index contributed by atoms with van der Waals surface area (Å²) < 4.78 is 45.3. The zero-order valence-corrected chi connectivity index (χ0v) is 24.8. The van der Waals surface area contributed by atoms with Gasteiger partial charge in [-0.1, -0.05) is 60.7 Å². The molecular formula is C34H38F2N2O5. The topological polar surface area (TPSA) is 68.3 Å². The number of amides is 1. The molecule has 0 radical (unpaired) electrons. The molecule has 2 aliphatic heterocycles. The Hall–Kier alpha value is -4.14. The Morgan fingerprint density at radius 3 is 1.88 bits per heavy atom. The molecule has 2 saturated heterocycles. The van der Waals surface area contributed by atoms with E-state index in [1.807, 2.05) is 60.7 Å². The first-order chi connectivity index (χ1) is 20.8. The minimum atomic E-state index is -3.31. The summed E-state index contributed by atoms with van der Waals surface area (Å²) >= 11 is 0. The van der Waals surface area contributed by atoms with Crippen LogP contribution in [-0.4, -0.2) is 68.5 Å². The third kappa shape index (κ3) is 5.77. The number of halogens is 2. The van der Waals surface area contributed by atoms with E-state index >= 15 is 0 Å². The predicted octanol–water partition coefficient (Wildman–Crippen LogP) is 5.73. The summed E-state index contributed by atoms with van der Waals surface area (Å²) in [6.45, 7) is 0.321. The van der Waals surface area contributed by atoms with Crippen LogP contribution >= 0.6 is 0 Å². The lowest BCUT2D eigenvalue weighted by atomic mass is 9.86. The number of ether oxygens (including phenoxy) is 3. The average molecular weight is 593 g/mol. The lowest BCUT2D eigenvalue weighted by molar-refractivity contribution is -0.151. The van der Waals surface area contributed by atoms with E-state index in [-0.39, 0.29) is 18.5 Å². The molecule has 0 N–H and O–H groups in total. The van der Waals surface area contributed by atoms with Gasteiger partial charge in [-0.05, 0) is 49.7 Å².